The van der Waals surface area contributed by atoms with Gasteiger partial charge in [0.1, 0.15) is 5.82 Å². The number of hydrogen-bond donors (Lipinski definition) is 2. The quantitative estimate of drug-likeness (QED) is 0.839. The van der Waals surface area contributed by atoms with Crippen molar-refractivity contribution < 1.29 is 22.7 Å². The van der Waals surface area contributed by atoms with Crippen LogP contribution < -0.4 is 4.72 Å². The summed E-state index contributed by atoms with van der Waals surface area (Å²) >= 11 is 0. The van der Waals surface area contributed by atoms with Crippen molar-refractivity contribution in [1.82, 2.24) is 0 Å². The maximum absolute atomic E-state index is 12.8. The summed E-state index contributed by atoms with van der Waals surface area (Å²) in [5.41, 5.74) is -0.562. The summed E-state index contributed by atoms with van der Waals surface area (Å²) in [5.74, 6) is -2.33. The predicted octanol–water partition coefficient (Wildman–Crippen LogP) is 1.29. The number of halogens is 1. The van der Waals surface area contributed by atoms with Crippen molar-refractivity contribution in [2.75, 3.05) is 10.5 Å². The van der Waals surface area contributed by atoms with Gasteiger partial charge in [-0.3, -0.25) is 4.72 Å². The van der Waals surface area contributed by atoms with Crippen molar-refractivity contribution in [1.29, 1.82) is 0 Å². The fraction of sp³-hybridized carbons (Fsp3) is 0.222. The smallest absolute Gasteiger partial charge is 0.337 e. The molecule has 0 bridgehead atoms. The number of anilines is 1. The second-order valence-electron chi connectivity index (χ2n) is 3.00. The molecule has 0 aliphatic carbocycles. The average Bonchev–Trinajstić information content (AvgIpc) is 2.20. The monoisotopic (exact) mass is 247 g/mol. The van der Waals surface area contributed by atoms with Gasteiger partial charge < -0.3 is 5.11 Å². The molecular formula is C9H10FNO4S. The van der Waals surface area contributed by atoms with Gasteiger partial charge in [0, 0.05) is 0 Å². The summed E-state index contributed by atoms with van der Waals surface area (Å²) in [4.78, 5) is 10.7. The van der Waals surface area contributed by atoms with E-state index in [1.807, 2.05) is 0 Å². The van der Waals surface area contributed by atoms with Gasteiger partial charge in [0.05, 0.1) is 17.0 Å². The van der Waals surface area contributed by atoms with E-state index in [4.69, 9.17) is 5.11 Å². The highest BCUT2D eigenvalue weighted by Gasteiger charge is 2.15. The highest BCUT2D eigenvalue weighted by atomic mass is 32.2. The van der Waals surface area contributed by atoms with Crippen molar-refractivity contribution in [2.24, 2.45) is 0 Å². The van der Waals surface area contributed by atoms with E-state index >= 15 is 0 Å². The van der Waals surface area contributed by atoms with Crippen LogP contribution in [0.15, 0.2) is 18.2 Å². The standard InChI is InChI=1S/C9H10FNO4S/c1-2-16(14,15)11-8-4-3-6(10)5-7(8)9(12)13/h3-5,11H,2H2,1H3,(H,12,13). The Morgan fingerprint density at radius 1 is 1.50 bits per heavy atom. The van der Waals surface area contributed by atoms with Crippen LogP contribution in [0.5, 0.6) is 0 Å². The first kappa shape index (κ1) is 12.4. The van der Waals surface area contributed by atoms with Crippen LogP contribution in [0.4, 0.5) is 10.1 Å². The van der Waals surface area contributed by atoms with Crippen LogP contribution in [0, 0.1) is 5.82 Å². The average molecular weight is 247 g/mol. The molecule has 7 heteroatoms. The summed E-state index contributed by atoms with van der Waals surface area (Å²) in [7, 11) is -3.58. The second kappa shape index (κ2) is 4.48. The van der Waals surface area contributed by atoms with Crippen molar-refractivity contribution in [3.05, 3.63) is 29.6 Å². The van der Waals surface area contributed by atoms with E-state index in [-0.39, 0.29) is 11.4 Å². The summed E-state index contributed by atoms with van der Waals surface area (Å²) in [6, 6.07) is 2.82. The molecule has 0 unspecified atom stereocenters. The summed E-state index contributed by atoms with van der Waals surface area (Å²) in [5, 5.41) is 8.76. The minimum absolute atomic E-state index is 0.143. The molecule has 0 heterocycles. The van der Waals surface area contributed by atoms with Crippen LogP contribution in [-0.4, -0.2) is 25.2 Å². The number of rotatable bonds is 4. The lowest BCUT2D eigenvalue weighted by Crippen LogP contribution is -2.17. The molecule has 0 aliphatic heterocycles. The molecule has 0 atom stereocenters. The summed E-state index contributed by atoms with van der Waals surface area (Å²) in [6.07, 6.45) is 0. The number of sulfonamides is 1. The van der Waals surface area contributed by atoms with Gasteiger partial charge in [-0.15, -0.1) is 0 Å². The van der Waals surface area contributed by atoms with Gasteiger partial charge in [-0.25, -0.2) is 17.6 Å². The Morgan fingerprint density at radius 3 is 2.62 bits per heavy atom. The molecule has 0 aromatic heterocycles. The Kier molecular flexibility index (Phi) is 3.48. The third kappa shape index (κ3) is 2.93. The third-order valence-electron chi connectivity index (χ3n) is 1.86. The van der Waals surface area contributed by atoms with E-state index < -0.39 is 27.4 Å². The van der Waals surface area contributed by atoms with Crippen LogP contribution in [0.1, 0.15) is 17.3 Å². The Hall–Kier alpha value is -1.63. The topological polar surface area (TPSA) is 83.5 Å². The lowest BCUT2D eigenvalue weighted by atomic mass is 10.2. The van der Waals surface area contributed by atoms with E-state index in [2.05, 4.69) is 4.72 Å². The number of carbonyl (C=O) groups is 1. The van der Waals surface area contributed by atoms with Crippen LogP contribution in [-0.2, 0) is 10.0 Å². The van der Waals surface area contributed by atoms with Crippen LogP contribution >= 0.6 is 0 Å². The molecule has 1 aromatic rings. The van der Waals surface area contributed by atoms with Gasteiger partial charge >= 0.3 is 5.97 Å². The minimum Gasteiger partial charge on any atom is -0.478 e. The van der Waals surface area contributed by atoms with Gasteiger partial charge in [-0.2, -0.15) is 0 Å². The lowest BCUT2D eigenvalue weighted by Gasteiger charge is -2.08. The number of aromatic carboxylic acids is 1. The maximum Gasteiger partial charge on any atom is 0.337 e. The second-order valence-corrected chi connectivity index (χ2v) is 5.01. The van der Waals surface area contributed by atoms with Crippen LogP contribution in [0.2, 0.25) is 0 Å². The first-order chi connectivity index (χ1) is 7.35. The van der Waals surface area contributed by atoms with E-state index in [0.717, 1.165) is 18.2 Å². The molecule has 1 aromatic carbocycles. The zero-order chi connectivity index (χ0) is 12.3. The van der Waals surface area contributed by atoms with Gasteiger partial charge in [0.25, 0.3) is 0 Å². The van der Waals surface area contributed by atoms with Crippen LogP contribution in [0.25, 0.3) is 0 Å². The zero-order valence-corrected chi connectivity index (χ0v) is 9.21. The molecule has 0 spiro atoms. The fourth-order valence-electron chi connectivity index (χ4n) is 1.02. The molecule has 1 rings (SSSR count). The van der Waals surface area contributed by atoms with E-state index in [9.17, 15) is 17.6 Å². The molecule has 0 saturated carbocycles. The SMILES string of the molecule is CCS(=O)(=O)Nc1ccc(F)cc1C(=O)O. The molecule has 5 nitrogen and oxygen atoms in total. The first-order valence-corrected chi connectivity index (χ1v) is 6.04. The lowest BCUT2D eigenvalue weighted by molar-refractivity contribution is 0.0697. The maximum atomic E-state index is 12.8. The van der Waals surface area contributed by atoms with Crippen LogP contribution in [0.3, 0.4) is 0 Å². The third-order valence-corrected chi connectivity index (χ3v) is 3.15. The summed E-state index contributed by atoms with van der Waals surface area (Å²) in [6.45, 7) is 1.41. The molecule has 0 aliphatic rings. The van der Waals surface area contributed by atoms with Gasteiger partial charge in [-0.1, -0.05) is 0 Å². The number of hydrogen-bond acceptors (Lipinski definition) is 3. The molecule has 2 N–H and O–H groups in total. The molecule has 0 saturated heterocycles. The molecule has 0 amide bonds. The normalized spacial score (nSPS) is 11.1. The van der Waals surface area contributed by atoms with E-state index in [0.29, 0.717) is 0 Å². The highest BCUT2D eigenvalue weighted by molar-refractivity contribution is 7.92. The van der Waals surface area contributed by atoms with E-state index in [1.54, 1.807) is 0 Å². The Balaban J connectivity index is 3.19. The van der Waals surface area contributed by atoms with Crippen molar-refractivity contribution in [3.63, 3.8) is 0 Å². The van der Waals surface area contributed by atoms with Gasteiger partial charge in [0.2, 0.25) is 10.0 Å². The van der Waals surface area contributed by atoms with Crippen molar-refractivity contribution >= 4 is 21.7 Å². The number of carboxylic acid groups (broad SMARTS) is 1. The predicted molar refractivity (Wildman–Crippen MR) is 56.4 cm³/mol. The molecule has 0 radical (unpaired) electrons. The van der Waals surface area contributed by atoms with Crippen molar-refractivity contribution in [3.8, 4) is 0 Å². The Labute approximate surface area is 92.0 Å². The first-order valence-electron chi connectivity index (χ1n) is 4.39. The molecule has 88 valence electrons. The Morgan fingerprint density at radius 2 is 2.12 bits per heavy atom. The number of benzene rings is 1. The zero-order valence-electron chi connectivity index (χ0n) is 8.40. The Bertz CT molecular complexity index is 512. The van der Waals surface area contributed by atoms with Gasteiger partial charge in [0.15, 0.2) is 0 Å². The molecule has 0 fully saturated rings. The highest BCUT2D eigenvalue weighted by Crippen LogP contribution is 2.18. The molecular weight excluding hydrogens is 237 g/mol. The van der Waals surface area contributed by atoms with Crippen molar-refractivity contribution in [2.45, 2.75) is 6.92 Å². The van der Waals surface area contributed by atoms with E-state index in [1.165, 1.54) is 6.92 Å². The largest absolute Gasteiger partial charge is 0.478 e. The summed E-state index contributed by atoms with van der Waals surface area (Å²) < 4.78 is 37.3. The molecule has 16 heavy (non-hydrogen) atoms. The number of nitrogens with one attached hydrogen (secondary N) is 1. The minimum atomic E-state index is -3.58. The number of carboxylic acids is 1. The fourth-order valence-corrected chi connectivity index (χ4v) is 1.68. The van der Waals surface area contributed by atoms with Gasteiger partial charge in [-0.05, 0) is 25.1 Å².